The van der Waals surface area contributed by atoms with E-state index in [2.05, 4.69) is 5.32 Å². The van der Waals surface area contributed by atoms with Gasteiger partial charge < -0.3 is 10.1 Å². The summed E-state index contributed by atoms with van der Waals surface area (Å²) in [6.07, 6.45) is 0.334. The summed E-state index contributed by atoms with van der Waals surface area (Å²) in [7, 11) is -3.84. The van der Waals surface area contributed by atoms with Crippen molar-refractivity contribution in [2.45, 2.75) is 45.1 Å². The molecule has 0 unspecified atom stereocenters. The zero-order valence-corrected chi connectivity index (χ0v) is 15.2. The third-order valence-electron chi connectivity index (χ3n) is 3.23. The molecular formula is C16H24N2O5S. The lowest BCUT2D eigenvalue weighted by atomic mass is 10.3. The second-order valence-corrected chi connectivity index (χ2v) is 7.27. The van der Waals surface area contributed by atoms with E-state index in [0.717, 1.165) is 4.31 Å². The number of nitrogens with zero attached hydrogens (tertiary/aromatic N) is 1. The van der Waals surface area contributed by atoms with E-state index in [1.165, 1.54) is 24.3 Å². The molecule has 134 valence electrons. The minimum atomic E-state index is -3.84. The van der Waals surface area contributed by atoms with Crippen LogP contribution in [-0.4, -0.2) is 43.8 Å². The maximum Gasteiger partial charge on any atom is 0.321 e. The second-order valence-electron chi connectivity index (χ2n) is 5.38. The van der Waals surface area contributed by atoms with Crippen molar-refractivity contribution in [2.75, 3.05) is 18.5 Å². The second kappa shape index (κ2) is 8.79. The summed E-state index contributed by atoms with van der Waals surface area (Å²) in [5.41, 5.74) is 0.516. The lowest BCUT2D eigenvalue weighted by molar-refractivity contribution is -0.143. The van der Waals surface area contributed by atoms with Crippen LogP contribution in [0, 0.1) is 0 Å². The van der Waals surface area contributed by atoms with Gasteiger partial charge in [-0.2, -0.15) is 4.31 Å². The van der Waals surface area contributed by atoms with Gasteiger partial charge in [-0.05, 0) is 45.0 Å². The van der Waals surface area contributed by atoms with Crippen LogP contribution in [0.3, 0.4) is 0 Å². The molecule has 0 aromatic heterocycles. The summed E-state index contributed by atoms with van der Waals surface area (Å²) < 4.78 is 31.4. The molecule has 1 amide bonds. The Morgan fingerprint density at radius 3 is 2.21 bits per heavy atom. The van der Waals surface area contributed by atoms with Crippen LogP contribution in [0.5, 0.6) is 0 Å². The topological polar surface area (TPSA) is 92.8 Å². The van der Waals surface area contributed by atoms with E-state index >= 15 is 0 Å². The molecule has 0 aliphatic rings. The molecule has 0 heterocycles. The smallest absolute Gasteiger partial charge is 0.321 e. The summed E-state index contributed by atoms with van der Waals surface area (Å²) >= 11 is 0. The zero-order chi connectivity index (χ0) is 18.3. The number of amides is 1. The third-order valence-corrected chi connectivity index (χ3v) is 5.27. The number of anilines is 1. The molecule has 1 N–H and O–H groups in total. The van der Waals surface area contributed by atoms with Crippen LogP contribution in [0.4, 0.5) is 5.69 Å². The molecule has 8 heteroatoms. The number of rotatable bonds is 8. The van der Waals surface area contributed by atoms with Gasteiger partial charge in [0.05, 0.1) is 11.5 Å². The average Bonchev–Trinajstić information content (AvgIpc) is 2.52. The minimum absolute atomic E-state index is 0.0509. The normalized spacial score (nSPS) is 11.6. The van der Waals surface area contributed by atoms with Gasteiger partial charge in [-0.1, -0.05) is 6.92 Å². The average molecular weight is 356 g/mol. The molecule has 0 radical (unpaired) electrons. The van der Waals surface area contributed by atoms with Crippen LogP contribution in [0.1, 0.15) is 34.1 Å². The maximum atomic E-state index is 12.7. The van der Waals surface area contributed by atoms with Crippen LogP contribution in [-0.2, 0) is 24.3 Å². The van der Waals surface area contributed by atoms with Crippen molar-refractivity contribution in [2.24, 2.45) is 0 Å². The Labute approximate surface area is 143 Å². The summed E-state index contributed by atoms with van der Waals surface area (Å²) in [5, 5.41) is 2.65. The first-order valence-electron chi connectivity index (χ1n) is 7.79. The van der Waals surface area contributed by atoms with Crippen molar-refractivity contribution >= 4 is 27.6 Å². The van der Waals surface area contributed by atoms with Crippen molar-refractivity contribution in [3.8, 4) is 0 Å². The molecular weight excluding hydrogens is 332 g/mol. The third kappa shape index (κ3) is 5.31. The Morgan fingerprint density at radius 2 is 1.75 bits per heavy atom. The molecule has 0 saturated heterocycles. The molecule has 1 aromatic carbocycles. The molecule has 0 fully saturated rings. The van der Waals surface area contributed by atoms with Crippen molar-refractivity contribution in [3.05, 3.63) is 24.3 Å². The van der Waals surface area contributed by atoms with Gasteiger partial charge in [-0.3, -0.25) is 9.59 Å². The van der Waals surface area contributed by atoms with E-state index in [9.17, 15) is 18.0 Å². The van der Waals surface area contributed by atoms with Gasteiger partial charge in [-0.15, -0.1) is 0 Å². The highest BCUT2D eigenvalue weighted by Crippen LogP contribution is 2.20. The number of sulfonamides is 1. The summed E-state index contributed by atoms with van der Waals surface area (Å²) in [6.45, 7) is 6.61. The Hall–Kier alpha value is -1.93. The monoisotopic (exact) mass is 356 g/mol. The van der Waals surface area contributed by atoms with Crippen molar-refractivity contribution in [1.29, 1.82) is 0 Å². The Morgan fingerprint density at radius 1 is 1.17 bits per heavy atom. The molecule has 0 saturated carbocycles. The molecule has 0 aliphatic heterocycles. The molecule has 0 spiro atoms. The maximum absolute atomic E-state index is 12.7. The number of carbonyl (C=O) groups excluding carboxylic acids is 2. The van der Waals surface area contributed by atoms with Crippen LogP contribution in [0.15, 0.2) is 29.2 Å². The fourth-order valence-corrected chi connectivity index (χ4v) is 3.56. The number of hydrogen-bond acceptors (Lipinski definition) is 5. The van der Waals surface area contributed by atoms with Gasteiger partial charge in [0.2, 0.25) is 15.9 Å². The van der Waals surface area contributed by atoms with E-state index in [1.54, 1.807) is 27.7 Å². The van der Waals surface area contributed by atoms with Crippen LogP contribution in [0.25, 0.3) is 0 Å². The predicted molar refractivity (Wildman–Crippen MR) is 91.0 cm³/mol. The van der Waals surface area contributed by atoms with E-state index < -0.39 is 22.0 Å². The van der Waals surface area contributed by atoms with E-state index in [0.29, 0.717) is 12.1 Å². The lowest BCUT2D eigenvalue weighted by Gasteiger charge is -2.25. The van der Waals surface area contributed by atoms with E-state index in [4.69, 9.17) is 4.74 Å². The molecule has 0 atom stereocenters. The highest BCUT2D eigenvalue weighted by atomic mass is 32.2. The summed E-state index contributed by atoms with van der Waals surface area (Å²) in [6, 6.07) is 5.44. The first-order chi connectivity index (χ1) is 11.2. The number of ether oxygens (including phenoxy) is 1. The SMILES string of the molecule is CCOC(=O)CN(C(C)C)S(=O)(=O)c1ccc(NC(=O)CC)cc1. The molecule has 1 rings (SSSR count). The Kier molecular flexibility index (Phi) is 7.37. The van der Waals surface area contributed by atoms with Gasteiger partial charge in [-0.25, -0.2) is 8.42 Å². The molecule has 24 heavy (non-hydrogen) atoms. The van der Waals surface area contributed by atoms with Gasteiger partial charge in [0.1, 0.15) is 6.54 Å². The molecule has 7 nitrogen and oxygen atoms in total. The van der Waals surface area contributed by atoms with Gasteiger partial charge in [0.25, 0.3) is 0 Å². The van der Waals surface area contributed by atoms with Crippen molar-refractivity contribution < 1.29 is 22.7 Å². The molecule has 1 aromatic rings. The lowest BCUT2D eigenvalue weighted by Crippen LogP contribution is -2.41. The number of benzene rings is 1. The van der Waals surface area contributed by atoms with Gasteiger partial charge >= 0.3 is 5.97 Å². The Bertz CT molecular complexity index is 668. The quantitative estimate of drug-likeness (QED) is 0.719. The molecule has 0 bridgehead atoms. The minimum Gasteiger partial charge on any atom is -0.465 e. The van der Waals surface area contributed by atoms with Gasteiger partial charge in [0.15, 0.2) is 0 Å². The summed E-state index contributed by atoms with van der Waals surface area (Å²) in [4.78, 5) is 23.1. The van der Waals surface area contributed by atoms with Crippen LogP contribution in [0.2, 0.25) is 0 Å². The first-order valence-corrected chi connectivity index (χ1v) is 9.23. The highest BCUT2D eigenvalue weighted by Gasteiger charge is 2.29. The predicted octanol–water partition coefficient (Wildman–Crippen LogP) is 2.00. The van der Waals surface area contributed by atoms with Crippen molar-refractivity contribution in [3.63, 3.8) is 0 Å². The van der Waals surface area contributed by atoms with Crippen molar-refractivity contribution in [1.82, 2.24) is 4.31 Å². The zero-order valence-electron chi connectivity index (χ0n) is 14.4. The fourth-order valence-electron chi connectivity index (χ4n) is 1.97. The number of nitrogens with one attached hydrogen (secondary N) is 1. The first kappa shape index (κ1) is 20.1. The standard InChI is InChI=1S/C16H24N2O5S/c1-5-15(19)17-13-7-9-14(10-8-13)24(21,22)18(12(3)4)11-16(20)23-6-2/h7-10,12H,5-6,11H2,1-4H3,(H,17,19). The highest BCUT2D eigenvalue weighted by molar-refractivity contribution is 7.89. The summed E-state index contributed by atoms with van der Waals surface area (Å²) in [5.74, 6) is -0.752. The largest absolute Gasteiger partial charge is 0.465 e. The van der Waals surface area contributed by atoms with E-state index in [1.807, 2.05) is 0 Å². The van der Waals surface area contributed by atoms with Crippen LogP contribution < -0.4 is 5.32 Å². The number of esters is 1. The molecule has 0 aliphatic carbocycles. The van der Waals surface area contributed by atoms with Crippen LogP contribution >= 0.6 is 0 Å². The Balaban J connectivity index is 3.02. The fraction of sp³-hybridized carbons (Fsp3) is 0.500. The number of hydrogen-bond donors (Lipinski definition) is 1. The number of carbonyl (C=O) groups is 2. The van der Waals surface area contributed by atoms with Gasteiger partial charge in [0, 0.05) is 18.2 Å². The van der Waals surface area contributed by atoms with E-state index in [-0.39, 0.29) is 24.0 Å².